The maximum atomic E-state index is 13.1. The normalized spacial score (nSPS) is 11.4. The molecule has 1 heterocycles. The van der Waals surface area contributed by atoms with E-state index in [0.29, 0.717) is 17.3 Å². The predicted molar refractivity (Wildman–Crippen MR) is 65.9 cm³/mol. The fraction of sp³-hybridized carbons (Fsp3) is 0.167. The number of nitrogen functional groups attached to an aromatic ring is 1. The maximum absolute atomic E-state index is 13.1. The van der Waals surface area contributed by atoms with Crippen LogP contribution in [0.15, 0.2) is 24.3 Å². The quantitative estimate of drug-likeness (QED) is 0.832. The molecule has 0 atom stereocenters. The zero-order chi connectivity index (χ0) is 14.9. The van der Waals surface area contributed by atoms with Gasteiger partial charge in [0.15, 0.2) is 5.69 Å². The Morgan fingerprint density at radius 1 is 1.15 bits per heavy atom. The van der Waals surface area contributed by atoms with Crippen molar-refractivity contribution in [3.8, 4) is 0 Å². The van der Waals surface area contributed by atoms with Crippen molar-refractivity contribution in [2.75, 3.05) is 11.1 Å². The Labute approximate surface area is 111 Å². The van der Waals surface area contributed by atoms with Gasteiger partial charge < -0.3 is 11.1 Å². The van der Waals surface area contributed by atoms with Gasteiger partial charge in [-0.2, -0.15) is 18.2 Å². The van der Waals surface area contributed by atoms with Crippen molar-refractivity contribution >= 4 is 17.5 Å². The number of nitrogens with one attached hydrogen (secondary N) is 1. The first-order chi connectivity index (χ1) is 9.25. The van der Waals surface area contributed by atoms with Crippen LogP contribution in [0, 0.1) is 12.7 Å². The monoisotopic (exact) mass is 286 g/mol. The van der Waals surface area contributed by atoms with E-state index in [9.17, 15) is 17.6 Å². The first kappa shape index (κ1) is 14.0. The van der Waals surface area contributed by atoms with E-state index in [4.69, 9.17) is 5.73 Å². The summed E-state index contributed by atoms with van der Waals surface area (Å²) in [5, 5.41) is 2.60. The SMILES string of the molecule is Cc1ccc(F)cc1Nc1cc(C(F)(F)F)nc(N)n1. The number of nitrogens with zero attached hydrogens (tertiary/aromatic N) is 2. The van der Waals surface area contributed by atoms with E-state index in [2.05, 4.69) is 15.3 Å². The number of halogens is 4. The highest BCUT2D eigenvalue weighted by Crippen LogP contribution is 2.30. The van der Waals surface area contributed by atoms with Gasteiger partial charge in [-0.05, 0) is 24.6 Å². The molecule has 0 amide bonds. The number of hydrogen-bond donors (Lipinski definition) is 2. The molecule has 0 radical (unpaired) electrons. The number of aromatic nitrogens is 2. The minimum absolute atomic E-state index is 0.154. The number of rotatable bonds is 2. The number of hydrogen-bond acceptors (Lipinski definition) is 4. The highest BCUT2D eigenvalue weighted by atomic mass is 19.4. The fourth-order valence-corrected chi connectivity index (χ4v) is 1.54. The second-order valence-electron chi connectivity index (χ2n) is 4.08. The van der Waals surface area contributed by atoms with Gasteiger partial charge in [0.05, 0.1) is 0 Å². The molecule has 0 saturated heterocycles. The van der Waals surface area contributed by atoms with Gasteiger partial charge in [0.25, 0.3) is 0 Å². The molecule has 0 aliphatic carbocycles. The molecule has 3 N–H and O–H groups in total. The molecular weight excluding hydrogens is 276 g/mol. The molecule has 20 heavy (non-hydrogen) atoms. The van der Waals surface area contributed by atoms with Gasteiger partial charge in [-0.25, -0.2) is 9.37 Å². The van der Waals surface area contributed by atoms with Crippen LogP contribution in [-0.4, -0.2) is 9.97 Å². The Morgan fingerprint density at radius 2 is 1.85 bits per heavy atom. The summed E-state index contributed by atoms with van der Waals surface area (Å²) in [4.78, 5) is 6.76. The van der Waals surface area contributed by atoms with Crippen LogP contribution >= 0.6 is 0 Å². The molecule has 2 aromatic rings. The van der Waals surface area contributed by atoms with E-state index in [1.807, 2.05) is 0 Å². The molecule has 1 aromatic carbocycles. The van der Waals surface area contributed by atoms with Gasteiger partial charge >= 0.3 is 6.18 Å². The summed E-state index contributed by atoms with van der Waals surface area (Å²) >= 11 is 0. The van der Waals surface area contributed by atoms with E-state index in [-0.39, 0.29) is 5.82 Å². The first-order valence-corrected chi connectivity index (χ1v) is 5.50. The third-order valence-corrected chi connectivity index (χ3v) is 2.50. The lowest BCUT2D eigenvalue weighted by Crippen LogP contribution is -2.12. The third-order valence-electron chi connectivity index (χ3n) is 2.50. The second-order valence-corrected chi connectivity index (χ2v) is 4.08. The topological polar surface area (TPSA) is 63.8 Å². The number of anilines is 3. The van der Waals surface area contributed by atoms with Crippen LogP contribution < -0.4 is 11.1 Å². The van der Waals surface area contributed by atoms with Gasteiger partial charge in [0, 0.05) is 11.8 Å². The highest BCUT2D eigenvalue weighted by Gasteiger charge is 2.33. The van der Waals surface area contributed by atoms with Gasteiger partial charge in [-0.1, -0.05) is 6.07 Å². The summed E-state index contributed by atoms with van der Waals surface area (Å²) in [5.74, 6) is -1.19. The maximum Gasteiger partial charge on any atom is 0.433 e. The lowest BCUT2D eigenvalue weighted by Gasteiger charge is -2.12. The Bertz CT molecular complexity index is 640. The van der Waals surface area contributed by atoms with Crippen molar-refractivity contribution < 1.29 is 17.6 Å². The molecule has 8 heteroatoms. The van der Waals surface area contributed by atoms with Gasteiger partial charge in [0.2, 0.25) is 5.95 Å². The van der Waals surface area contributed by atoms with Crippen molar-refractivity contribution in [2.24, 2.45) is 0 Å². The third kappa shape index (κ3) is 3.14. The van der Waals surface area contributed by atoms with Crippen LogP contribution in [0.5, 0.6) is 0 Å². The lowest BCUT2D eigenvalue weighted by molar-refractivity contribution is -0.141. The molecule has 2 rings (SSSR count). The van der Waals surface area contributed by atoms with Crippen molar-refractivity contribution in [3.05, 3.63) is 41.3 Å². The Kier molecular flexibility index (Phi) is 3.47. The average molecular weight is 286 g/mol. The van der Waals surface area contributed by atoms with E-state index >= 15 is 0 Å². The summed E-state index contributed by atoms with van der Waals surface area (Å²) in [6.45, 7) is 1.68. The van der Waals surface area contributed by atoms with E-state index in [0.717, 1.165) is 6.07 Å². The minimum atomic E-state index is -4.63. The van der Waals surface area contributed by atoms with Crippen molar-refractivity contribution in [1.29, 1.82) is 0 Å². The number of aryl methyl sites for hydroxylation is 1. The standard InChI is InChI=1S/C12H10F4N4/c1-6-2-3-7(13)4-8(6)18-10-5-9(12(14,15)16)19-11(17)20-10/h2-5H,1H3,(H3,17,18,19,20). The molecule has 106 valence electrons. The zero-order valence-electron chi connectivity index (χ0n) is 10.3. The Morgan fingerprint density at radius 3 is 2.50 bits per heavy atom. The van der Waals surface area contributed by atoms with E-state index in [1.54, 1.807) is 6.92 Å². The van der Waals surface area contributed by atoms with E-state index in [1.165, 1.54) is 12.1 Å². The van der Waals surface area contributed by atoms with Crippen LogP contribution in [0.2, 0.25) is 0 Å². The molecule has 0 fully saturated rings. The van der Waals surface area contributed by atoms with Crippen LogP contribution in [0.25, 0.3) is 0 Å². The molecule has 0 spiro atoms. The highest BCUT2D eigenvalue weighted by molar-refractivity contribution is 5.61. The van der Waals surface area contributed by atoms with E-state index < -0.39 is 23.6 Å². The predicted octanol–water partition coefficient (Wildman–Crippen LogP) is 3.27. The lowest BCUT2D eigenvalue weighted by atomic mass is 10.2. The van der Waals surface area contributed by atoms with Crippen LogP contribution in [-0.2, 0) is 6.18 Å². The fourth-order valence-electron chi connectivity index (χ4n) is 1.54. The van der Waals surface area contributed by atoms with Gasteiger partial charge in [-0.3, -0.25) is 0 Å². The average Bonchev–Trinajstić information content (AvgIpc) is 2.32. The molecule has 0 aliphatic rings. The first-order valence-electron chi connectivity index (χ1n) is 5.50. The molecular formula is C12H10F4N4. The van der Waals surface area contributed by atoms with Gasteiger partial charge in [0.1, 0.15) is 11.6 Å². The number of alkyl halides is 3. The smallest absolute Gasteiger partial charge is 0.368 e. The van der Waals surface area contributed by atoms with Crippen molar-refractivity contribution in [2.45, 2.75) is 13.1 Å². The van der Waals surface area contributed by atoms with Crippen LogP contribution in [0.4, 0.5) is 35.0 Å². The van der Waals surface area contributed by atoms with Crippen LogP contribution in [0.1, 0.15) is 11.3 Å². The zero-order valence-corrected chi connectivity index (χ0v) is 10.3. The molecule has 0 unspecified atom stereocenters. The number of nitrogens with two attached hydrogens (primary N) is 1. The Balaban J connectivity index is 2.39. The molecule has 0 aliphatic heterocycles. The summed E-state index contributed by atoms with van der Waals surface area (Å²) in [6.07, 6.45) is -4.63. The molecule has 1 aromatic heterocycles. The molecule has 0 saturated carbocycles. The van der Waals surface area contributed by atoms with Crippen LogP contribution in [0.3, 0.4) is 0 Å². The summed E-state index contributed by atoms with van der Waals surface area (Å²) in [7, 11) is 0. The number of benzene rings is 1. The molecule has 4 nitrogen and oxygen atoms in total. The van der Waals surface area contributed by atoms with Gasteiger partial charge in [-0.15, -0.1) is 0 Å². The minimum Gasteiger partial charge on any atom is -0.368 e. The molecule has 0 bridgehead atoms. The largest absolute Gasteiger partial charge is 0.433 e. The summed E-state index contributed by atoms with van der Waals surface area (Å²) < 4.78 is 50.9. The van der Waals surface area contributed by atoms with Crippen molar-refractivity contribution in [1.82, 2.24) is 9.97 Å². The van der Waals surface area contributed by atoms with Crippen molar-refractivity contribution in [3.63, 3.8) is 0 Å². The second kappa shape index (κ2) is 4.95. The summed E-state index contributed by atoms with van der Waals surface area (Å²) in [6, 6.07) is 4.60. The summed E-state index contributed by atoms with van der Waals surface area (Å²) in [5.41, 5.74) is 5.03. The Hall–Kier alpha value is -2.38.